The van der Waals surface area contributed by atoms with Crippen LogP contribution in [0.4, 0.5) is 0 Å². The second kappa shape index (κ2) is 2.37. The van der Waals surface area contributed by atoms with Gasteiger partial charge in [0.2, 0.25) is 0 Å². The molecule has 2 nitrogen and oxygen atoms in total. The molecule has 0 aliphatic carbocycles. The lowest BCUT2D eigenvalue weighted by Crippen LogP contribution is -2.05. The SMILES string of the molecule is C=CCS1(N)C=CC=N1. The van der Waals surface area contributed by atoms with Gasteiger partial charge in [-0.25, -0.2) is 4.40 Å². The van der Waals surface area contributed by atoms with Crippen LogP contribution >= 0.6 is 10.4 Å². The van der Waals surface area contributed by atoms with Crippen molar-refractivity contribution in [3.05, 3.63) is 24.1 Å². The lowest BCUT2D eigenvalue weighted by atomic mass is 10.7. The number of hydrogen-bond donors (Lipinski definition) is 1. The number of nitrogens with two attached hydrogens (primary N) is 1. The van der Waals surface area contributed by atoms with Crippen LogP contribution in [0.15, 0.2) is 28.5 Å². The van der Waals surface area contributed by atoms with Gasteiger partial charge >= 0.3 is 0 Å². The van der Waals surface area contributed by atoms with Crippen LogP contribution in [-0.2, 0) is 0 Å². The molecule has 0 saturated carbocycles. The summed E-state index contributed by atoms with van der Waals surface area (Å²) in [6.45, 7) is 3.60. The van der Waals surface area contributed by atoms with E-state index in [9.17, 15) is 0 Å². The van der Waals surface area contributed by atoms with E-state index in [4.69, 9.17) is 5.14 Å². The molecule has 0 amide bonds. The maximum absolute atomic E-state index is 5.80. The van der Waals surface area contributed by atoms with Crippen molar-refractivity contribution in [1.29, 1.82) is 0 Å². The molecule has 0 spiro atoms. The maximum atomic E-state index is 5.80. The minimum absolute atomic E-state index is 0.792. The Balaban J connectivity index is 2.63. The van der Waals surface area contributed by atoms with Crippen molar-refractivity contribution in [3.8, 4) is 0 Å². The molecule has 1 aliphatic heterocycles. The normalized spacial score (nSPS) is 38.3. The number of allylic oxidation sites excluding steroid dienone is 1. The van der Waals surface area contributed by atoms with Crippen LogP contribution in [-0.4, -0.2) is 12.0 Å². The quantitative estimate of drug-likeness (QED) is 0.581. The third-order valence-electron chi connectivity index (χ3n) is 1.04. The molecule has 1 rings (SSSR count). The monoisotopic (exact) mass is 142 g/mol. The molecular formula is C6H10N2S. The van der Waals surface area contributed by atoms with Gasteiger partial charge in [0.05, 0.1) is 0 Å². The summed E-state index contributed by atoms with van der Waals surface area (Å²) in [6, 6.07) is 0. The molecule has 9 heavy (non-hydrogen) atoms. The van der Waals surface area contributed by atoms with Crippen LogP contribution in [0.3, 0.4) is 0 Å². The summed E-state index contributed by atoms with van der Waals surface area (Å²) in [7, 11) is -1.28. The average Bonchev–Trinajstić information content (AvgIpc) is 2.16. The van der Waals surface area contributed by atoms with Crippen LogP contribution < -0.4 is 5.14 Å². The fraction of sp³-hybridized carbons (Fsp3) is 0.167. The van der Waals surface area contributed by atoms with Crippen molar-refractivity contribution in [3.63, 3.8) is 0 Å². The van der Waals surface area contributed by atoms with Gasteiger partial charge in [0, 0.05) is 12.0 Å². The summed E-state index contributed by atoms with van der Waals surface area (Å²) in [5.41, 5.74) is 0. The topological polar surface area (TPSA) is 38.4 Å². The molecule has 0 aromatic heterocycles. The molecule has 3 heteroatoms. The molecule has 1 atom stereocenters. The van der Waals surface area contributed by atoms with Gasteiger partial charge < -0.3 is 0 Å². The van der Waals surface area contributed by atoms with Crippen LogP contribution in [0, 0.1) is 0 Å². The zero-order chi connectivity index (χ0) is 6.74. The van der Waals surface area contributed by atoms with Gasteiger partial charge in [0.25, 0.3) is 0 Å². The second-order valence-corrected chi connectivity index (χ2v) is 4.28. The lowest BCUT2D eigenvalue weighted by Gasteiger charge is -2.21. The van der Waals surface area contributed by atoms with E-state index in [1.165, 1.54) is 0 Å². The van der Waals surface area contributed by atoms with E-state index in [0.717, 1.165) is 5.75 Å². The molecule has 0 radical (unpaired) electrons. The largest absolute Gasteiger partial charge is 0.274 e. The predicted molar refractivity (Wildman–Crippen MR) is 44.5 cm³/mol. The van der Waals surface area contributed by atoms with E-state index >= 15 is 0 Å². The van der Waals surface area contributed by atoms with Crippen LogP contribution in [0.5, 0.6) is 0 Å². The van der Waals surface area contributed by atoms with Gasteiger partial charge in [-0.05, 0) is 11.5 Å². The zero-order valence-corrected chi connectivity index (χ0v) is 5.97. The van der Waals surface area contributed by atoms with E-state index in [2.05, 4.69) is 11.0 Å². The molecule has 1 unspecified atom stereocenters. The van der Waals surface area contributed by atoms with E-state index in [1.807, 2.05) is 17.6 Å². The Morgan fingerprint density at radius 3 is 3.00 bits per heavy atom. The summed E-state index contributed by atoms with van der Waals surface area (Å²) >= 11 is 0. The average molecular weight is 142 g/mol. The Labute approximate surface area is 56.7 Å². The molecule has 0 bridgehead atoms. The first-order valence-electron chi connectivity index (χ1n) is 2.68. The number of rotatable bonds is 2. The van der Waals surface area contributed by atoms with Crippen molar-refractivity contribution in [2.24, 2.45) is 9.54 Å². The first kappa shape index (κ1) is 6.58. The fourth-order valence-electron chi connectivity index (χ4n) is 0.642. The van der Waals surface area contributed by atoms with Crippen molar-refractivity contribution in [2.45, 2.75) is 0 Å². The molecular weight excluding hydrogens is 132 g/mol. The van der Waals surface area contributed by atoms with Crippen molar-refractivity contribution in [1.82, 2.24) is 0 Å². The summed E-state index contributed by atoms with van der Waals surface area (Å²) in [5, 5.41) is 7.75. The van der Waals surface area contributed by atoms with Crippen molar-refractivity contribution >= 4 is 16.6 Å². The Kier molecular flexibility index (Phi) is 1.73. The van der Waals surface area contributed by atoms with Gasteiger partial charge in [-0.2, -0.15) is 0 Å². The summed E-state index contributed by atoms with van der Waals surface area (Å²) in [6.07, 6.45) is 5.44. The highest BCUT2D eigenvalue weighted by molar-refractivity contribution is 8.33. The van der Waals surface area contributed by atoms with Gasteiger partial charge in [-0.15, -0.1) is 6.58 Å². The van der Waals surface area contributed by atoms with Crippen LogP contribution in [0.2, 0.25) is 0 Å². The van der Waals surface area contributed by atoms with Crippen LogP contribution in [0.1, 0.15) is 0 Å². The molecule has 0 fully saturated rings. The molecule has 50 valence electrons. The van der Waals surface area contributed by atoms with Crippen LogP contribution in [0.25, 0.3) is 0 Å². The van der Waals surface area contributed by atoms with Crippen molar-refractivity contribution in [2.75, 3.05) is 5.75 Å². The van der Waals surface area contributed by atoms with Gasteiger partial charge in [0.1, 0.15) is 0 Å². The van der Waals surface area contributed by atoms with E-state index in [1.54, 1.807) is 6.21 Å². The first-order chi connectivity index (χ1) is 4.27. The van der Waals surface area contributed by atoms with E-state index in [-0.39, 0.29) is 0 Å². The van der Waals surface area contributed by atoms with Gasteiger partial charge in [0.15, 0.2) is 0 Å². The van der Waals surface area contributed by atoms with Gasteiger partial charge in [-0.3, -0.25) is 5.14 Å². The van der Waals surface area contributed by atoms with Crippen molar-refractivity contribution < 1.29 is 0 Å². The Morgan fingerprint density at radius 1 is 1.78 bits per heavy atom. The summed E-state index contributed by atoms with van der Waals surface area (Å²) in [5.74, 6) is 0.792. The molecule has 0 aromatic rings. The second-order valence-electron chi connectivity index (χ2n) is 1.85. The highest BCUT2D eigenvalue weighted by atomic mass is 32.3. The molecule has 2 N–H and O–H groups in total. The third kappa shape index (κ3) is 1.43. The smallest absolute Gasteiger partial charge is 0.0355 e. The Morgan fingerprint density at radius 2 is 2.56 bits per heavy atom. The minimum Gasteiger partial charge on any atom is -0.274 e. The third-order valence-corrected chi connectivity index (χ3v) is 2.95. The maximum Gasteiger partial charge on any atom is 0.0355 e. The fourth-order valence-corrected chi connectivity index (χ4v) is 1.93. The lowest BCUT2D eigenvalue weighted by molar-refractivity contribution is 1.66. The molecule has 1 heterocycles. The first-order valence-corrected chi connectivity index (χ1v) is 4.57. The number of nitrogens with zero attached hydrogens (tertiary/aromatic N) is 1. The zero-order valence-electron chi connectivity index (χ0n) is 5.16. The Bertz CT molecular complexity index is 160. The number of hydrogen-bond acceptors (Lipinski definition) is 2. The summed E-state index contributed by atoms with van der Waals surface area (Å²) < 4.78 is 4.11. The predicted octanol–water partition coefficient (Wildman–Crippen LogP) is 1.36. The standard InChI is InChI=1S/C6H10N2S/c1-2-5-9(7)6-3-4-8-9/h2-4,6H,1,5,7H2. The summed E-state index contributed by atoms with van der Waals surface area (Å²) in [4.78, 5) is 0. The molecule has 0 saturated heterocycles. The minimum atomic E-state index is -1.28. The van der Waals surface area contributed by atoms with Gasteiger partial charge in [-0.1, -0.05) is 16.5 Å². The van der Waals surface area contributed by atoms with E-state index < -0.39 is 10.4 Å². The molecule has 1 aliphatic rings. The highest BCUT2D eigenvalue weighted by Gasteiger charge is 2.12. The molecule has 0 aromatic carbocycles. The Hall–Kier alpha value is -0.540. The highest BCUT2D eigenvalue weighted by Crippen LogP contribution is 2.44. The van der Waals surface area contributed by atoms with E-state index in [0.29, 0.717) is 0 Å².